The lowest BCUT2D eigenvalue weighted by molar-refractivity contribution is 0.100. The number of rotatable bonds is 4. The molecule has 94 valence electrons. The van der Waals surface area contributed by atoms with Crippen molar-refractivity contribution in [3.05, 3.63) is 45.6 Å². The zero-order chi connectivity index (χ0) is 13.1. The van der Waals surface area contributed by atoms with Gasteiger partial charge in [0.25, 0.3) is 0 Å². The number of anilines is 2. The van der Waals surface area contributed by atoms with Crippen LogP contribution in [0, 0.1) is 6.92 Å². The minimum absolute atomic E-state index is 0.453. The Balaban J connectivity index is 2.16. The summed E-state index contributed by atoms with van der Waals surface area (Å²) in [6.07, 6.45) is 0. The van der Waals surface area contributed by atoms with Crippen molar-refractivity contribution in [1.29, 1.82) is 0 Å². The van der Waals surface area contributed by atoms with Gasteiger partial charge in [0.2, 0.25) is 5.91 Å². The summed E-state index contributed by atoms with van der Waals surface area (Å²) in [4.78, 5) is 12.4. The largest absolute Gasteiger partial charge is 0.397 e. The van der Waals surface area contributed by atoms with Crippen LogP contribution in [0.1, 0.15) is 20.8 Å². The predicted octanol–water partition coefficient (Wildman–Crippen LogP) is 2.35. The van der Waals surface area contributed by atoms with E-state index in [4.69, 9.17) is 11.5 Å². The van der Waals surface area contributed by atoms with E-state index in [0.717, 1.165) is 5.69 Å². The lowest BCUT2D eigenvalue weighted by Crippen LogP contribution is -2.12. The quantitative estimate of drug-likeness (QED) is 0.739. The topological polar surface area (TPSA) is 81.1 Å². The number of aryl methyl sites for hydroxylation is 1. The molecule has 0 radical (unpaired) electrons. The second-order valence-electron chi connectivity index (χ2n) is 4.05. The average molecular weight is 261 g/mol. The first kappa shape index (κ1) is 12.4. The molecular weight excluding hydrogens is 246 g/mol. The maximum Gasteiger partial charge on any atom is 0.248 e. The summed E-state index contributed by atoms with van der Waals surface area (Å²) in [5, 5.41) is 5.28. The van der Waals surface area contributed by atoms with Crippen molar-refractivity contribution in [2.24, 2.45) is 5.73 Å². The molecule has 0 saturated carbocycles. The van der Waals surface area contributed by atoms with Gasteiger partial charge in [0, 0.05) is 17.0 Å². The molecule has 5 heteroatoms. The van der Waals surface area contributed by atoms with Gasteiger partial charge < -0.3 is 16.8 Å². The summed E-state index contributed by atoms with van der Waals surface area (Å²) in [6, 6.07) is 7.06. The van der Waals surface area contributed by atoms with Gasteiger partial charge in [-0.15, -0.1) is 11.3 Å². The summed E-state index contributed by atoms with van der Waals surface area (Å²) < 4.78 is 0. The highest BCUT2D eigenvalue weighted by Crippen LogP contribution is 2.22. The van der Waals surface area contributed by atoms with Crippen LogP contribution in [0.5, 0.6) is 0 Å². The first-order valence-corrected chi connectivity index (χ1v) is 6.42. The molecular formula is C13H15N3OS. The second-order valence-corrected chi connectivity index (χ2v) is 5.05. The van der Waals surface area contributed by atoms with Crippen molar-refractivity contribution in [2.75, 3.05) is 11.1 Å². The van der Waals surface area contributed by atoms with E-state index < -0.39 is 5.91 Å². The number of carbonyl (C=O) groups is 1. The maximum atomic E-state index is 11.1. The van der Waals surface area contributed by atoms with E-state index in [9.17, 15) is 4.79 Å². The van der Waals surface area contributed by atoms with Crippen LogP contribution >= 0.6 is 11.3 Å². The van der Waals surface area contributed by atoms with Gasteiger partial charge in [0.15, 0.2) is 0 Å². The predicted molar refractivity (Wildman–Crippen MR) is 75.8 cm³/mol. The van der Waals surface area contributed by atoms with Gasteiger partial charge >= 0.3 is 0 Å². The van der Waals surface area contributed by atoms with Gasteiger partial charge in [-0.1, -0.05) is 0 Å². The van der Waals surface area contributed by atoms with Crippen LogP contribution < -0.4 is 16.8 Å². The van der Waals surface area contributed by atoms with Gasteiger partial charge in [-0.2, -0.15) is 0 Å². The zero-order valence-electron chi connectivity index (χ0n) is 10.1. The molecule has 2 aromatic rings. The summed E-state index contributed by atoms with van der Waals surface area (Å²) in [5.41, 5.74) is 14.1. The van der Waals surface area contributed by atoms with Crippen molar-refractivity contribution in [2.45, 2.75) is 13.5 Å². The molecule has 2 rings (SSSR count). The Bertz CT molecular complexity index is 577. The summed E-state index contributed by atoms with van der Waals surface area (Å²) in [6.45, 7) is 2.76. The van der Waals surface area contributed by atoms with Crippen LogP contribution in [0.4, 0.5) is 11.4 Å². The lowest BCUT2D eigenvalue weighted by atomic mass is 10.1. The number of amides is 1. The van der Waals surface area contributed by atoms with Crippen LogP contribution in [0.2, 0.25) is 0 Å². The van der Waals surface area contributed by atoms with E-state index in [2.05, 4.69) is 23.7 Å². The van der Waals surface area contributed by atoms with Gasteiger partial charge in [0.05, 0.1) is 11.4 Å². The van der Waals surface area contributed by atoms with Crippen LogP contribution in [-0.2, 0) is 6.54 Å². The van der Waals surface area contributed by atoms with Crippen molar-refractivity contribution in [3.63, 3.8) is 0 Å². The fourth-order valence-corrected chi connectivity index (χ4v) is 2.47. The molecule has 4 nitrogen and oxygen atoms in total. The minimum Gasteiger partial charge on any atom is -0.397 e. The molecule has 0 saturated heterocycles. The lowest BCUT2D eigenvalue weighted by Gasteiger charge is -2.10. The summed E-state index contributed by atoms with van der Waals surface area (Å²) in [7, 11) is 0. The van der Waals surface area contributed by atoms with E-state index >= 15 is 0 Å². The number of nitrogens with one attached hydrogen (secondary N) is 1. The Morgan fingerprint density at radius 1 is 1.39 bits per heavy atom. The number of hydrogen-bond donors (Lipinski definition) is 3. The Labute approximate surface area is 110 Å². The van der Waals surface area contributed by atoms with Crippen molar-refractivity contribution < 1.29 is 4.79 Å². The van der Waals surface area contributed by atoms with Crippen LogP contribution in [0.15, 0.2) is 29.6 Å². The molecule has 0 spiro atoms. The fraction of sp³-hybridized carbons (Fsp3) is 0.154. The molecule has 5 N–H and O–H groups in total. The third kappa shape index (κ3) is 2.62. The molecule has 1 heterocycles. The molecule has 18 heavy (non-hydrogen) atoms. The molecule has 0 aliphatic heterocycles. The Morgan fingerprint density at radius 3 is 2.78 bits per heavy atom. The highest BCUT2D eigenvalue weighted by atomic mass is 32.1. The zero-order valence-corrected chi connectivity index (χ0v) is 10.9. The van der Waals surface area contributed by atoms with E-state index in [0.29, 0.717) is 17.8 Å². The number of hydrogen-bond acceptors (Lipinski definition) is 4. The summed E-state index contributed by atoms with van der Waals surface area (Å²) >= 11 is 1.69. The third-order valence-electron chi connectivity index (χ3n) is 2.75. The molecule has 0 unspecified atom stereocenters. The van der Waals surface area contributed by atoms with E-state index in [1.807, 2.05) is 0 Å². The van der Waals surface area contributed by atoms with Gasteiger partial charge in [0.1, 0.15) is 0 Å². The second kappa shape index (κ2) is 5.10. The fourth-order valence-electron chi connectivity index (χ4n) is 1.62. The molecule has 0 atom stereocenters. The summed E-state index contributed by atoms with van der Waals surface area (Å²) in [5.74, 6) is -0.453. The van der Waals surface area contributed by atoms with Crippen LogP contribution in [-0.4, -0.2) is 5.91 Å². The van der Waals surface area contributed by atoms with Gasteiger partial charge in [-0.05, 0) is 42.1 Å². The van der Waals surface area contributed by atoms with Crippen LogP contribution in [0.3, 0.4) is 0 Å². The SMILES string of the molecule is Cc1ccsc1CNc1cc(C(N)=O)ccc1N. The molecule has 1 aromatic carbocycles. The number of nitrogen functional groups attached to an aromatic ring is 1. The highest BCUT2D eigenvalue weighted by molar-refractivity contribution is 7.10. The standard InChI is InChI=1S/C13H15N3OS/c1-8-4-5-18-12(8)7-16-11-6-9(13(15)17)2-3-10(11)14/h2-6,16H,7,14H2,1H3,(H2,15,17). The number of primary amides is 1. The molecule has 0 fully saturated rings. The van der Waals surface area contributed by atoms with Gasteiger partial charge in [-0.25, -0.2) is 0 Å². The van der Waals surface area contributed by atoms with E-state index in [1.165, 1.54) is 10.4 Å². The first-order valence-electron chi connectivity index (χ1n) is 5.54. The van der Waals surface area contributed by atoms with E-state index in [1.54, 1.807) is 29.5 Å². The maximum absolute atomic E-state index is 11.1. The Kier molecular flexibility index (Phi) is 3.53. The monoisotopic (exact) mass is 261 g/mol. The molecule has 0 aliphatic carbocycles. The van der Waals surface area contributed by atoms with Crippen molar-refractivity contribution in [3.8, 4) is 0 Å². The van der Waals surface area contributed by atoms with Crippen LogP contribution in [0.25, 0.3) is 0 Å². The van der Waals surface area contributed by atoms with Crippen molar-refractivity contribution >= 4 is 28.6 Å². The number of nitrogens with two attached hydrogens (primary N) is 2. The minimum atomic E-state index is -0.453. The van der Waals surface area contributed by atoms with Crippen molar-refractivity contribution in [1.82, 2.24) is 0 Å². The average Bonchev–Trinajstić information content (AvgIpc) is 2.73. The molecule has 1 amide bonds. The molecule has 0 bridgehead atoms. The van der Waals surface area contributed by atoms with E-state index in [-0.39, 0.29) is 0 Å². The Morgan fingerprint density at radius 2 is 2.17 bits per heavy atom. The smallest absolute Gasteiger partial charge is 0.248 e. The highest BCUT2D eigenvalue weighted by Gasteiger charge is 2.06. The normalized spacial score (nSPS) is 10.3. The number of carbonyl (C=O) groups excluding carboxylic acids is 1. The molecule has 1 aromatic heterocycles. The first-order chi connectivity index (χ1) is 8.58. The number of thiophene rings is 1. The molecule has 0 aliphatic rings. The number of benzene rings is 1. The Hall–Kier alpha value is -2.01. The van der Waals surface area contributed by atoms with Gasteiger partial charge in [-0.3, -0.25) is 4.79 Å². The third-order valence-corrected chi connectivity index (χ3v) is 3.77.